The highest BCUT2D eigenvalue weighted by molar-refractivity contribution is 5.12. The summed E-state index contributed by atoms with van der Waals surface area (Å²) in [6.45, 7) is 8.36. The van der Waals surface area contributed by atoms with Gasteiger partial charge in [0.2, 0.25) is 0 Å². The molecular formula is C16H26N2. The minimum Gasteiger partial charge on any atom is -0.303 e. The van der Waals surface area contributed by atoms with Crippen LogP contribution in [0.1, 0.15) is 43.9 Å². The molecule has 0 aromatic carbocycles. The molecule has 1 fully saturated rings. The van der Waals surface area contributed by atoms with Gasteiger partial charge in [-0.3, -0.25) is 4.98 Å². The number of rotatable bonds is 5. The number of aromatic nitrogens is 1. The van der Waals surface area contributed by atoms with Crippen LogP contribution in [0.5, 0.6) is 0 Å². The van der Waals surface area contributed by atoms with Gasteiger partial charge >= 0.3 is 0 Å². The largest absolute Gasteiger partial charge is 0.303 e. The van der Waals surface area contributed by atoms with Crippen LogP contribution >= 0.6 is 0 Å². The maximum atomic E-state index is 4.46. The zero-order valence-electron chi connectivity index (χ0n) is 11.9. The lowest BCUT2D eigenvalue weighted by Crippen LogP contribution is -2.33. The number of likely N-dealkylation sites (tertiary alicyclic amines) is 1. The van der Waals surface area contributed by atoms with Crippen molar-refractivity contribution in [3.63, 3.8) is 0 Å². The lowest BCUT2D eigenvalue weighted by Gasteiger charge is -2.30. The van der Waals surface area contributed by atoms with Crippen molar-refractivity contribution < 1.29 is 0 Å². The third-order valence-corrected chi connectivity index (χ3v) is 4.01. The Balaban J connectivity index is 1.60. The van der Waals surface area contributed by atoms with E-state index in [-0.39, 0.29) is 0 Å². The SMILES string of the molecule is Cc1ccc(CCCCN2CCC(C)CC2)nc1. The first-order chi connectivity index (χ1) is 8.74. The highest BCUT2D eigenvalue weighted by Crippen LogP contribution is 2.16. The molecule has 0 N–H and O–H groups in total. The minimum absolute atomic E-state index is 0.943. The lowest BCUT2D eigenvalue weighted by atomic mass is 9.99. The van der Waals surface area contributed by atoms with Crippen LogP contribution < -0.4 is 0 Å². The molecule has 0 radical (unpaired) electrons. The molecule has 2 rings (SSSR count). The molecule has 1 saturated heterocycles. The van der Waals surface area contributed by atoms with Crippen LogP contribution in [0, 0.1) is 12.8 Å². The second-order valence-corrected chi connectivity index (χ2v) is 5.81. The first kappa shape index (κ1) is 13.5. The topological polar surface area (TPSA) is 16.1 Å². The maximum Gasteiger partial charge on any atom is 0.0403 e. The minimum atomic E-state index is 0.943. The van der Waals surface area contributed by atoms with Crippen molar-refractivity contribution in [1.82, 2.24) is 9.88 Å². The molecule has 2 heteroatoms. The van der Waals surface area contributed by atoms with E-state index in [1.54, 1.807) is 0 Å². The molecule has 2 nitrogen and oxygen atoms in total. The van der Waals surface area contributed by atoms with Crippen LogP contribution in [0.3, 0.4) is 0 Å². The molecule has 0 aliphatic carbocycles. The number of piperidine rings is 1. The van der Waals surface area contributed by atoms with E-state index in [0.29, 0.717) is 0 Å². The molecule has 0 bridgehead atoms. The quantitative estimate of drug-likeness (QED) is 0.740. The van der Waals surface area contributed by atoms with Crippen LogP contribution in [-0.4, -0.2) is 29.5 Å². The Kier molecular flexibility index (Phi) is 5.18. The number of unbranched alkanes of at least 4 members (excludes halogenated alkanes) is 1. The van der Waals surface area contributed by atoms with Gasteiger partial charge in [0.15, 0.2) is 0 Å². The van der Waals surface area contributed by atoms with Gasteiger partial charge in [0.1, 0.15) is 0 Å². The Bertz CT molecular complexity index is 337. The molecule has 0 spiro atoms. The molecular weight excluding hydrogens is 220 g/mol. The van der Waals surface area contributed by atoms with Gasteiger partial charge in [0.25, 0.3) is 0 Å². The molecule has 0 atom stereocenters. The zero-order chi connectivity index (χ0) is 12.8. The Morgan fingerprint density at radius 1 is 1.22 bits per heavy atom. The third-order valence-electron chi connectivity index (χ3n) is 4.01. The van der Waals surface area contributed by atoms with E-state index in [9.17, 15) is 0 Å². The fraction of sp³-hybridized carbons (Fsp3) is 0.688. The van der Waals surface area contributed by atoms with Crippen LogP contribution in [0.25, 0.3) is 0 Å². The number of aryl methyl sites for hydroxylation is 2. The van der Waals surface area contributed by atoms with Crippen LogP contribution in [0.2, 0.25) is 0 Å². The van der Waals surface area contributed by atoms with E-state index in [1.807, 2.05) is 6.20 Å². The van der Waals surface area contributed by atoms with Crippen LogP contribution in [-0.2, 0) is 6.42 Å². The molecule has 0 amide bonds. The number of hydrogen-bond donors (Lipinski definition) is 0. The number of hydrogen-bond acceptors (Lipinski definition) is 2. The van der Waals surface area contributed by atoms with E-state index in [2.05, 4.69) is 35.9 Å². The van der Waals surface area contributed by atoms with E-state index < -0.39 is 0 Å². The van der Waals surface area contributed by atoms with Crippen molar-refractivity contribution in [3.05, 3.63) is 29.6 Å². The fourth-order valence-electron chi connectivity index (χ4n) is 2.57. The van der Waals surface area contributed by atoms with Gasteiger partial charge in [-0.25, -0.2) is 0 Å². The van der Waals surface area contributed by atoms with Gasteiger partial charge in [-0.15, -0.1) is 0 Å². The highest BCUT2D eigenvalue weighted by Gasteiger charge is 2.14. The van der Waals surface area contributed by atoms with Gasteiger partial charge in [-0.1, -0.05) is 13.0 Å². The second kappa shape index (κ2) is 6.89. The maximum absolute atomic E-state index is 4.46. The predicted octanol–water partition coefficient (Wildman–Crippen LogP) is 3.44. The summed E-state index contributed by atoms with van der Waals surface area (Å²) in [4.78, 5) is 7.09. The molecule has 1 aliphatic rings. The highest BCUT2D eigenvalue weighted by atomic mass is 15.1. The van der Waals surface area contributed by atoms with Crippen LogP contribution in [0.15, 0.2) is 18.3 Å². The van der Waals surface area contributed by atoms with E-state index in [0.717, 1.165) is 12.3 Å². The van der Waals surface area contributed by atoms with E-state index >= 15 is 0 Å². The number of pyridine rings is 1. The van der Waals surface area contributed by atoms with E-state index in [4.69, 9.17) is 0 Å². The summed E-state index contributed by atoms with van der Waals surface area (Å²) in [6, 6.07) is 4.33. The lowest BCUT2D eigenvalue weighted by molar-refractivity contribution is 0.189. The molecule has 2 heterocycles. The summed E-state index contributed by atoms with van der Waals surface area (Å²) in [5, 5.41) is 0. The summed E-state index contributed by atoms with van der Waals surface area (Å²) < 4.78 is 0. The van der Waals surface area contributed by atoms with Crippen molar-refractivity contribution in [3.8, 4) is 0 Å². The van der Waals surface area contributed by atoms with Crippen molar-refractivity contribution >= 4 is 0 Å². The summed E-state index contributed by atoms with van der Waals surface area (Å²) in [7, 11) is 0. The first-order valence-electron chi connectivity index (χ1n) is 7.38. The van der Waals surface area contributed by atoms with Crippen LogP contribution in [0.4, 0.5) is 0 Å². The predicted molar refractivity (Wildman–Crippen MR) is 76.8 cm³/mol. The third kappa shape index (κ3) is 4.41. The summed E-state index contributed by atoms with van der Waals surface area (Å²) in [6.07, 6.45) is 8.46. The summed E-state index contributed by atoms with van der Waals surface area (Å²) in [5.74, 6) is 0.943. The van der Waals surface area contributed by atoms with Crippen molar-refractivity contribution in [1.29, 1.82) is 0 Å². The normalized spacial score (nSPS) is 18.1. The Hall–Kier alpha value is -0.890. The van der Waals surface area contributed by atoms with Gasteiger partial charge in [-0.2, -0.15) is 0 Å². The standard InChI is InChI=1S/C16H26N2/c1-14-8-11-18(12-9-14)10-4-3-5-16-7-6-15(2)13-17-16/h6-7,13-14H,3-5,8-12H2,1-2H3. The Morgan fingerprint density at radius 2 is 2.00 bits per heavy atom. The molecule has 1 aromatic heterocycles. The van der Waals surface area contributed by atoms with Crippen molar-refractivity contribution in [2.45, 2.75) is 46.0 Å². The molecule has 18 heavy (non-hydrogen) atoms. The van der Waals surface area contributed by atoms with Gasteiger partial charge in [-0.05, 0) is 76.2 Å². The fourth-order valence-corrected chi connectivity index (χ4v) is 2.57. The number of nitrogens with zero attached hydrogens (tertiary/aromatic N) is 2. The smallest absolute Gasteiger partial charge is 0.0403 e. The molecule has 100 valence electrons. The van der Waals surface area contributed by atoms with Crippen molar-refractivity contribution in [2.24, 2.45) is 5.92 Å². The monoisotopic (exact) mass is 246 g/mol. The van der Waals surface area contributed by atoms with E-state index in [1.165, 1.54) is 56.6 Å². The molecule has 0 unspecified atom stereocenters. The Morgan fingerprint density at radius 3 is 2.67 bits per heavy atom. The first-order valence-corrected chi connectivity index (χ1v) is 7.38. The average molecular weight is 246 g/mol. The zero-order valence-corrected chi connectivity index (χ0v) is 11.9. The molecule has 1 aromatic rings. The Labute approximate surface area is 111 Å². The van der Waals surface area contributed by atoms with Gasteiger partial charge < -0.3 is 4.90 Å². The van der Waals surface area contributed by atoms with Crippen molar-refractivity contribution in [2.75, 3.05) is 19.6 Å². The summed E-state index contributed by atoms with van der Waals surface area (Å²) in [5.41, 5.74) is 2.49. The second-order valence-electron chi connectivity index (χ2n) is 5.81. The van der Waals surface area contributed by atoms with Gasteiger partial charge in [0.05, 0.1) is 0 Å². The molecule has 1 aliphatic heterocycles. The molecule has 0 saturated carbocycles. The summed E-state index contributed by atoms with van der Waals surface area (Å²) >= 11 is 0. The van der Waals surface area contributed by atoms with Gasteiger partial charge in [0, 0.05) is 11.9 Å². The average Bonchev–Trinajstić information content (AvgIpc) is 2.39.